The molecule has 1 aliphatic rings. The lowest BCUT2D eigenvalue weighted by molar-refractivity contribution is 0.0697. The van der Waals surface area contributed by atoms with E-state index in [9.17, 15) is 4.79 Å². The third kappa shape index (κ3) is 2.10. The summed E-state index contributed by atoms with van der Waals surface area (Å²) in [7, 11) is 0. The van der Waals surface area contributed by atoms with Gasteiger partial charge in [-0.2, -0.15) is 4.37 Å². The van der Waals surface area contributed by atoms with Gasteiger partial charge in [-0.3, -0.25) is 0 Å². The molecule has 0 aromatic carbocycles. The van der Waals surface area contributed by atoms with Gasteiger partial charge in [0.1, 0.15) is 10.6 Å². The van der Waals surface area contributed by atoms with E-state index in [0.717, 1.165) is 13.0 Å². The normalized spacial score (nSPS) is 20.5. The molecule has 5 nitrogen and oxygen atoms in total. The van der Waals surface area contributed by atoms with Gasteiger partial charge in [-0.1, -0.05) is 0 Å². The van der Waals surface area contributed by atoms with Crippen molar-refractivity contribution in [2.24, 2.45) is 0 Å². The average Bonchev–Trinajstić information content (AvgIpc) is 2.76. The molecule has 0 spiro atoms. The number of carboxylic acids is 1. The lowest BCUT2D eigenvalue weighted by Gasteiger charge is -2.10. The number of aromatic nitrogens is 1. The van der Waals surface area contributed by atoms with E-state index in [2.05, 4.69) is 9.69 Å². The molecule has 0 amide bonds. The molecule has 6 heteroatoms. The van der Waals surface area contributed by atoms with E-state index in [1.165, 1.54) is 11.5 Å². The zero-order valence-corrected chi connectivity index (χ0v) is 9.13. The van der Waals surface area contributed by atoms with E-state index in [1.54, 1.807) is 6.92 Å². The van der Waals surface area contributed by atoms with Gasteiger partial charge < -0.3 is 15.2 Å². The van der Waals surface area contributed by atoms with Crippen molar-refractivity contribution >= 4 is 22.5 Å². The van der Waals surface area contributed by atoms with Crippen LogP contribution < -0.4 is 5.32 Å². The maximum Gasteiger partial charge on any atom is 0.340 e. The molecule has 2 rings (SSSR count). The molecule has 2 heterocycles. The first-order chi connectivity index (χ1) is 7.18. The van der Waals surface area contributed by atoms with E-state index in [-0.39, 0.29) is 11.6 Å². The molecule has 1 aromatic heterocycles. The number of aromatic carboxylic acids is 1. The van der Waals surface area contributed by atoms with Crippen LogP contribution in [0, 0.1) is 6.92 Å². The predicted molar refractivity (Wildman–Crippen MR) is 56.7 cm³/mol. The van der Waals surface area contributed by atoms with Gasteiger partial charge in [0, 0.05) is 6.61 Å². The van der Waals surface area contributed by atoms with Crippen molar-refractivity contribution in [2.75, 3.05) is 18.5 Å². The van der Waals surface area contributed by atoms with Crippen LogP contribution in [0.3, 0.4) is 0 Å². The van der Waals surface area contributed by atoms with Gasteiger partial charge in [0.05, 0.1) is 18.3 Å². The predicted octanol–water partition coefficient (Wildman–Crippen LogP) is 1.35. The first-order valence-corrected chi connectivity index (χ1v) is 5.49. The molecule has 0 aliphatic carbocycles. The van der Waals surface area contributed by atoms with Crippen molar-refractivity contribution in [1.29, 1.82) is 0 Å². The molecule has 2 N–H and O–H groups in total. The Morgan fingerprint density at radius 2 is 2.53 bits per heavy atom. The number of rotatable bonds is 3. The van der Waals surface area contributed by atoms with Crippen LogP contribution in [-0.4, -0.2) is 34.7 Å². The Kier molecular flexibility index (Phi) is 2.88. The summed E-state index contributed by atoms with van der Waals surface area (Å²) in [5.41, 5.74) is 0.848. The Hall–Kier alpha value is -1.14. The largest absolute Gasteiger partial charge is 0.478 e. The summed E-state index contributed by atoms with van der Waals surface area (Å²) in [6.07, 6.45) is 0.913. The first-order valence-electron chi connectivity index (χ1n) is 4.72. The van der Waals surface area contributed by atoms with Crippen LogP contribution in [0.4, 0.5) is 5.00 Å². The Morgan fingerprint density at radius 3 is 3.13 bits per heavy atom. The van der Waals surface area contributed by atoms with Crippen LogP contribution >= 0.6 is 11.5 Å². The molecule has 1 aliphatic heterocycles. The number of carbonyl (C=O) groups is 1. The van der Waals surface area contributed by atoms with Gasteiger partial charge in [0.25, 0.3) is 0 Å². The minimum atomic E-state index is -0.928. The molecule has 82 valence electrons. The highest BCUT2D eigenvalue weighted by molar-refractivity contribution is 7.10. The number of nitrogens with one attached hydrogen (secondary N) is 1. The minimum Gasteiger partial charge on any atom is -0.478 e. The van der Waals surface area contributed by atoms with E-state index < -0.39 is 5.97 Å². The fourth-order valence-electron chi connectivity index (χ4n) is 1.55. The monoisotopic (exact) mass is 228 g/mol. The molecule has 1 saturated heterocycles. The standard InChI is InChI=1S/C9H12N2O3S/c1-5-7(9(12)13)8(15-11-5)10-6-2-3-14-4-6/h6,10H,2-4H2,1H3,(H,12,13). The highest BCUT2D eigenvalue weighted by atomic mass is 32.1. The smallest absolute Gasteiger partial charge is 0.340 e. The van der Waals surface area contributed by atoms with E-state index >= 15 is 0 Å². The number of hydrogen-bond donors (Lipinski definition) is 2. The van der Waals surface area contributed by atoms with Crippen molar-refractivity contribution in [3.63, 3.8) is 0 Å². The second-order valence-corrected chi connectivity index (χ2v) is 4.26. The van der Waals surface area contributed by atoms with E-state index in [1.807, 2.05) is 0 Å². The summed E-state index contributed by atoms with van der Waals surface area (Å²) in [6, 6.07) is 0.211. The van der Waals surface area contributed by atoms with Crippen LogP contribution in [0.5, 0.6) is 0 Å². The number of aryl methyl sites for hydroxylation is 1. The lowest BCUT2D eigenvalue weighted by Crippen LogP contribution is -2.19. The molecular weight excluding hydrogens is 216 g/mol. The molecule has 0 bridgehead atoms. The summed E-state index contributed by atoms with van der Waals surface area (Å²) < 4.78 is 9.25. The third-order valence-corrected chi connectivity index (χ3v) is 3.21. The lowest BCUT2D eigenvalue weighted by atomic mass is 10.2. The molecule has 1 atom stereocenters. The first kappa shape index (κ1) is 10.4. The Bertz CT molecular complexity index is 371. The van der Waals surface area contributed by atoms with Crippen LogP contribution in [0.25, 0.3) is 0 Å². The quantitative estimate of drug-likeness (QED) is 0.817. The SMILES string of the molecule is Cc1nsc(NC2CCOC2)c1C(=O)O. The molecule has 0 saturated carbocycles. The summed E-state index contributed by atoms with van der Waals surface area (Å²) >= 11 is 1.19. The van der Waals surface area contributed by atoms with Crippen molar-refractivity contribution in [1.82, 2.24) is 4.37 Å². The fourth-order valence-corrected chi connectivity index (χ4v) is 2.42. The Balaban J connectivity index is 2.16. The van der Waals surface area contributed by atoms with Crippen LogP contribution in [0.15, 0.2) is 0 Å². The summed E-state index contributed by atoms with van der Waals surface area (Å²) in [6.45, 7) is 3.07. The van der Waals surface area contributed by atoms with Crippen LogP contribution in [-0.2, 0) is 4.74 Å². The zero-order chi connectivity index (χ0) is 10.8. The molecular formula is C9H12N2O3S. The van der Waals surface area contributed by atoms with Crippen molar-refractivity contribution < 1.29 is 14.6 Å². The summed E-state index contributed by atoms with van der Waals surface area (Å²) in [5, 5.41) is 12.8. The van der Waals surface area contributed by atoms with Crippen molar-refractivity contribution in [3.8, 4) is 0 Å². The van der Waals surface area contributed by atoms with Crippen molar-refractivity contribution in [3.05, 3.63) is 11.3 Å². The second kappa shape index (κ2) is 4.16. The molecule has 1 fully saturated rings. The van der Waals surface area contributed by atoms with Gasteiger partial charge >= 0.3 is 5.97 Å². The maximum absolute atomic E-state index is 11.0. The molecule has 1 unspecified atom stereocenters. The average molecular weight is 228 g/mol. The molecule has 1 aromatic rings. The number of ether oxygens (including phenoxy) is 1. The number of carboxylic acid groups (broad SMARTS) is 1. The van der Waals surface area contributed by atoms with Crippen LogP contribution in [0.1, 0.15) is 22.5 Å². The van der Waals surface area contributed by atoms with Gasteiger partial charge in [-0.05, 0) is 24.9 Å². The number of hydrogen-bond acceptors (Lipinski definition) is 5. The highest BCUT2D eigenvalue weighted by Gasteiger charge is 2.22. The summed E-state index contributed by atoms with van der Waals surface area (Å²) in [5.74, 6) is -0.928. The third-order valence-electron chi connectivity index (χ3n) is 2.34. The Morgan fingerprint density at radius 1 is 1.73 bits per heavy atom. The topological polar surface area (TPSA) is 71.5 Å². The van der Waals surface area contributed by atoms with E-state index in [4.69, 9.17) is 9.84 Å². The van der Waals surface area contributed by atoms with Gasteiger partial charge in [0.2, 0.25) is 0 Å². The van der Waals surface area contributed by atoms with Crippen molar-refractivity contribution in [2.45, 2.75) is 19.4 Å². The summed E-state index contributed by atoms with van der Waals surface area (Å²) in [4.78, 5) is 11.0. The highest BCUT2D eigenvalue weighted by Crippen LogP contribution is 2.26. The second-order valence-electron chi connectivity index (χ2n) is 3.48. The molecule has 15 heavy (non-hydrogen) atoms. The number of nitrogens with zero attached hydrogens (tertiary/aromatic N) is 1. The Labute approximate surface area is 91.2 Å². The minimum absolute atomic E-state index is 0.211. The maximum atomic E-state index is 11.0. The van der Waals surface area contributed by atoms with Gasteiger partial charge in [0.15, 0.2) is 0 Å². The van der Waals surface area contributed by atoms with E-state index in [0.29, 0.717) is 17.3 Å². The fraction of sp³-hybridized carbons (Fsp3) is 0.556. The molecule has 0 radical (unpaired) electrons. The van der Waals surface area contributed by atoms with Gasteiger partial charge in [-0.15, -0.1) is 0 Å². The zero-order valence-electron chi connectivity index (χ0n) is 8.32. The van der Waals surface area contributed by atoms with Crippen LogP contribution in [0.2, 0.25) is 0 Å². The number of anilines is 1. The van der Waals surface area contributed by atoms with Gasteiger partial charge in [-0.25, -0.2) is 4.79 Å².